The Labute approximate surface area is 194 Å². The lowest BCUT2D eigenvalue weighted by Gasteiger charge is -2.22. The van der Waals surface area contributed by atoms with Crippen LogP contribution in [0.2, 0.25) is 0 Å². The Morgan fingerprint density at radius 3 is 2.30 bits per heavy atom. The van der Waals surface area contributed by atoms with Crippen molar-refractivity contribution in [2.75, 3.05) is 22.8 Å². The molecule has 0 spiro atoms. The highest BCUT2D eigenvalue weighted by Gasteiger charge is 2.30. The van der Waals surface area contributed by atoms with E-state index in [0.29, 0.717) is 23.8 Å². The van der Waals surface area contributed by atoms with Gasteiger partial charge in [-0.05, 0) is 80.4 Å². The smallest absolute Gasteiger partial charge is 0.265 e. The van der Waals surface area contributed by atoms with Crippen molar-refractivity contribution in [2.24, 2.45) is 0 Å². The molecule has 0 saturated carbocycles. The number of amides is 1. The molecule has 0 fully saturated rings. The molecule has 1 amide bonds. The molecule has 7 nitrogen and oxygen atoms in total. The Bertz CT molecular complexity index is 1220. The van der Waals surface area contributed by atoms with Crippen LogP contribution in [0.1, 0.15) is 19.4 Å². The zero-order valence-electron chi connectivity index (χ0n) is 18.5. The molecule has 33 heavy (non-hydrogen) atoms. The average molecular weight is 467 g/mol. The van der Waals surface area contributed by atoms with Gasteiger partial charge < -0.3 is 14.4 Å². The maximum absolute atomic E-state index is 12.8. The molecule has 0 aromatic heterocycles. The van der Waals surface area contributed by atoms with Crippen LogP contribution in [-0.4, -0.2) is 33.6 Å². The zero-order chi connectivity index (χ0) is 23.4. The molecule has 0 radical (unpaired) electrons. The summed E-state index contributed by atoms with van der Waals surface area (Å²) in [5.41, 5.74) is 2.50. The third kappa shape index (κ3) is 5.12. The van der Waals surface area contributed by atoms with Crippen LogP contribution in [0.3, 0.4) is 0 Å². The molecule has 3 aromatic carbocycles. The first-order valence-corrected chi connectivity index (χ1v) is 12.2. The third-order valence-electron chi connectivity index (χ3n) is 5.39. The largest absolute Gasteiger partial charge is 0.494 e. The maximum atomic E-state index is 12.8. The number of benzene rings is 3. The standard InChI is InChI=1S/C25H26N2O5S/c1-3-31-21-10-8-20(9-11-21)26-33(29,30)23-14-12-22(13-15-23)32-17-25(28)27-18(2)16-19-6-4-5-7-24(19)27/h4-15,18,26H,3,16-17H2,1-2H3/t18-/m0/s1. The first-order chi connectivity index (χ1) is 15.9. The van der Waals surface area contributed by atoms with Gasteiger partial charge in [0.05, 0.1) is 11.5 Å². The summed E-state index contributed by atoms with van der Waals surface area (Å²) in [6.07, 6.45) is 0.815. The Morgan fingerprint density at radius 2 is 1.61 bits per heavy atom. The van der Waals surface area contributed by atoms with Gasteiger partial charge in [-0.1, -0.05) is 18.2 Å². The van der Waals surface area contributed by atoms with Gasteiger partial charge in [0.15, 0.2) is 6.61 Å². The van der Waals surface area contributed by atoms with Crippen molar-refractivity contribution < 1.29 is 22.7 Å². The quantitative estimate of drug-likeness (QED) is 0.537. The van der Waals surface area contributed by atoms with Crippen molar-refractivity contribution in [2.45, 2.75) is 31.2 Å². The predicted octanol–water partition coefficient (Wildman–Crippen LogP) is 4.24. The SMILES string of the molecule is CCOc1ccc(NS(=O)(=O)c2ccc(OCC(=O)N3c4ccccc4C[C@@H]3C)cc2)cc1. The van der Waals surface area contributed by atoms with Gasteiger partial charge in [0, 0.05) is 17.4 Å². The number of carbonyl (C=O) groups is 1. The molecule has 3 aromatic rings. The van der Waals surface area contributed by atoms with Crippen LogP contribution < -0.4 is 19.1 Å². The number of anilines is 2. The van der Waals surface area contributed by atoms with E-state index >= 15 is 0 Å². The average Bonchev–Trinajstić information content (AvgIpc) is 3.15. The summed E-state index contributed by atoms with van der Waals surface area (Å²) >= 11 is 0. The van der Waals surface area contributed by atoms with Crippen LogP contribution in [0.4, 0.5) is 11.4 Å². The van der Waals surface area contributed by atoms with E-state index in [2.05, 4.69) is 4.72 Å². The minimum absolute atomic E-state index is 0.0692. The van der Waals surface area contributed by atoms with E-state index in [1.165, 1.54) is 12.1 Å². The van der Waals surface area contributed by atoms with Crippen molar-refractivity contribution in [1.82, 2.24) is 0 Å². The van der Waals surface area contributed by atoms with Crippen LogP contribution in [0, 0.1) is 0 Å². The molecule has 4 rings (SSSR count). The van der Waals surface area contributed by atoms with Gasteiger partial charge in [-0.3, -0.25) is 9.52 Å². The molecule has 8 heteroatoms. The lowest BCUT2D eigenvalue weighted by molar-refractivity contribution is -0.120. The number of fused-ring (bicyclic) bond motifs is 1. The number of para-hydroxylation sites is 1. The summed E-state index contributed by atoms with van der Waals surface area (Å²) in [6.45, 7) is 4.30. The first kappa shape index (κ1) is 22.7. The molecule has 0 saturated heterocycles. The highest BCUT2D eigenvalue weighted by atomic mass is 32.2. The minimum atomic E-state index is -3.76. The van der Waals surface area contributed by atoms with Crippen molar-refractivity contribution in [1.29, 1.82) is 0 Å². The van der Waals surface area contributed by atoms with Crippen molar-refractivity contribution >= 4 is 27.3 Å². The van der Waals surface area contributed by atoms with Gasteiger partial charge >= 0.3 is 0 Å². The number of carbonyl (C=O) groups excluding carboxylic acids is 1. The number of nitrogens with zero attached hydrogens (tertiary/aromatic N) is 1. The highest BCUT2D eigenvalue weighted by Crippen LogP contribution is 2.32. The second-order valence-corrected chi connectivity index (χ2v) is 9.45. The van der Waals surface area contributed by atoms with Crippen LogP contribution in [-0.2, 0) is 21.2 Å². The zero-order valence-corrected chi connectivity index (χ0v) is 19.3. The summed E-state index contributed by atoms with van der Waals surface area (Å²) in [5.74, 6) is 0.952. The van der Waals surface area contributed by atoms with Crippen LogP contribution in [0.5, 0.6) is 11.5 Å². The van der Waals surface area contributed by atoms with E-state index < -0.39 is 10.0 Å². The fourth-order valence-corrected chi connectivity index (χ4v) is 4.93. The predicted molar refractivity (Wildman–Crippen MR) is 127 cm³/mol. The second kappa shape index (κ2) is 9.54. The number of sulfonamides is 1. The van der Waals surface area contributed by atoms with Gasteiger partial charge in [-0.15, -0.1) is 0 Å². The van der Waals surface area contributed by atoms with Crippen molar-refractivity contribution in [3.8, 4) is 11.5 Å². The Hall–Kier alpha value is -3.52. The molecular weight excluding hydrogens is 440 g/mol. The lowest BCUT2D eigenvalue weighted by Crippen LogP contribution is -2.39. The summed E-state index contributed by atoms with van der Waals surface area (Å²) in [4.78, 5) is 14.6. The number of ether oxygens (including phenoxy) is 2. The van der Waals surface area contributed by atoms with Crippen molar-refractivity contribution in [3.05, 3.63) is 78.4 Å². The summed E-state index contributed by atoms with van der Waals surface area (Å²) in [5, 5.41) is 0. The third-order valence-corrected chi connectivity index (χ3v) is 6.79. The monoisotopic (exact) mass is 466 g/mol. The van der Waals surface area contributed by atoms with Gasteiger partial charge in [-0.25, -0.2) is 8.42 Å². The van der Waals surface area contributed by atoms with Crippen molar-refractivity contribution in [3.63, 3.8) is 0 Å². The molecule has 1 N–H and O–H groups in total. The van der Waals surface area contributed by atoms with E-state index in [9.17, 15) is 13.2 Å². The highest BCUT2D eigenvalue weighted by molar-refractivity contribution is 7.92. The number of hydrogen-bond donors (Lipinski definition) is 1. The Morgan fingerprint density at radius 1 is 0.970 bits per heavy atom. The van der Waals surface area contributed by atoms with Crippen LogP contribution in [0.25, 0.3) is 0 Å². The van der Waals surface area contributed by atoms with Gasteiger partial charge in [0.2, 0.25) is 0 Å². The van der Waals surface area contributed by atoms with E-state index in [4.69, 9.17) is 9.47 Å². The molecule has 1 heterocycles. The van der Waals surface area contributed by atoms with E-state index in [1.54, 1.807) is 41.3 Å². The molecule has 1 atom stereocenters. The Balaban J connectivity index is 1.37. The molecular formula is C25H26N2O5S. The number of rotatable bonds is 8. The molecule has 172 valence electrons. The molecule has 1 aliphatic heterocycles. The summed E-state index contributed by atoms with van der Waals surface area (Å²) < 4.78 is 38.9. The van der Waals surface area contributed by atoms with E-state index in [1.807, 2.05) is 38.1 Å². The maximum Gasteiger partial charge on any atom is 0.265 e. The Kier molecular flexibility index (Phi) is 6.55. The van der Waals surface area contributed by atoms with Gasteiger partial charge in [0.1, 0.15) is 11.5 Å². The second-order valence-electron chi connectivity index (χ2n) is 7.77. The molecule has 1 aliphatic rings. The fourth-order valence-electron chi connectivity index (χ4n) is 3.88. The van der Waals surface area contributed by atoms with E-state index in [0.717, 1.165) is 17.7 Å². The fraction of sp³-hybridized carbons (Fsp3) is 0.240. The lowest BCUT2D eigenvalue weighted by atomic mass is 10.1. The molecule has 0 bridgehead atoms. The number of hydrogen-bond acceptors (Lipinski definition) is 5. The topological polar surface area (TPSA) is 84.9 Å². The van der Waals surface area contributed by atoms with Crippen LogP contribution >= 0.6 is 0 Å². The summed E-state index contributed by atoms with van der Waals surface area (Å²) in [6, 6.07) is 20.6. The normalized spacial score (nSPS) is 15.1. The van der Waals surface area contributed by atoms with Gasteiger partial charge in [-0.2, -0.15) is 0 Å². The van der Waals surface area contributed by atoms with E-state index in [-0.39, 0.29) is 23.5 Å². The molecule has 0 aliphatic carbocycles. The molecule has 0 unspecified atom stereocenters. The van der Waals surface area contributed by atoms with Gasteiger partial charge in [0.25, 0.3) is 15.9 Å². The number of nitrogens with one attached hydrogen (secondary N) is 1. The summed E-state index contributed by atoms with van der Waals surface area (Å²) in [7, 11) is -3.76. The van der Waals surface area contributed by atoms with Crippen LogP contribution in [0.15, 0.2) is 77.7 Å². The minimum Gasteiger partial charge on any atom is -0.494 e. The first-order valence-electron chi connectivity index (χ1n) is 10.8.